The van der Waals surface area contributed by atoms with Crippen molar-refractivity contribution >= 4 is 23.6 Å². The Kier molecular flexibility index (Phi) is 6.74. The maximum Gasteiger partial charge on any atom is 0.251 e. The Balaban J connectivity index is 1.53. The van der Waals surface area contributed by atoms with Crippen LogP contribution in [0.25, 0.3) is 6.08 Å². The third-order valence-electron chi connectivity index (χ3n) is 4.16. The van der Waals surface area contributed by atoms with Gasteiger partial charge in [-0.05, 0) is 41.8 Å². The Labute approximate surface area is 164 Å². The zero-order valence-corrected chi connectivity index (χ0v) is 15.5. The summed E-state index contributed by atoms with van der Waals surface area (Å²) < 4.78 is 0. The summed E-state index contributed by atoms with van der Waals surface area (Å²) in [7, 11) is 0. The van der Waals surface area contributed by atoms with Gasteiger partial charge in [0.05, 0.1) is 0 Å². The average Bonchev–Trinajstić information content (AvgIpc) is 2.74. The van der Waals surface area contributed by atoms with E-state index in [4.69, 9.17) is 0 Å². The molecule has 0 radical (unpaired) electrons. The predicted molar refractivity (Wildman–Crippen MR) is 113 cm³/mol. The third kappa shape index (κ3) is 5.95. The van der Waals surface area contributed by atoms with Gasteiger partial charge in [0.1, 0.15) is 0 Å². The first kappa shape index (κ1) is 19.1. The summed E-state index contributed by atoms with van der Waals surface area (Å²) in [6.45, 7) is 0.555. The summed E-state index contributed by atoms with van der Waals surface area (Å²) >= 11 is 0. The molecule has 2 N–H and O–H groups in total. The van der Waals surface area contributed by atoms with Crippen molar-refractivity contribution in [3.63, 3.8) is 0 Å². The minimum absolute atomic E-state index is 0.160. The first-order chi connectivity index (χ1) is 13.7. The highest BCUT2D eigenvalue weighted by molar-refractivity contribution is 6.03. The van der Waals surface area contributed by atoms with Crippen LogP contribution in [-0.4, -0.2) is 18.4 Å². The number of hydrogen-bond donors (Lipinski definition) is 2. The molecule has 0 heterocycles. The van der Waals surface area contributed by atoms with Gasteiger partial charge < -0.3 is 10.6 Å². The van der Waals surface area contributed by atoms with Crippen LogP contribution in [0, 0.1) is 0 Å². The second-order valence-corrected chi connectivity index (χ2v) is 6.31. The lowest BCUT2D eigenvalue weighted by Gasteiger charge is -2.08. The minimum Gasteiger partial charge on any atom is -0.352 e. The standard InChI is InChI=1S/C24H22N2O2/c27-23(15-14-19-8-3-1-4-9-19)26-22-13-7-12-21(18-22)24(28)25-17-16-20-10-5-2-6-11-20/h1-15,18H,16-17H2,(H,25,28)(H,26,27). The highest BCUT2D eigenvalue weighted by Crippen LogP contribution is 2.11. The molecule has 0 fully saturated rings. The van der Waals surface area contributed by atoms with Gasteiger partial charge in [0.25, 0.3) is 5.91 Å². The van der Waals surface area contributed by atoms with Crippen molar-refractivity contribution in [2.45, 2.75) is 6.42 Å². The van der Waals surface area contributed by atoms with Crippen molar-refractivity contribution in [1.29, 1.82) is 0 Å². The van der Waals surface area contributed by atoms with E-state index in [1.54, 1.807) is 30.3 Å². The van der Waals surface area contributed by atoms with Gasteiger partial charge in [-0.25, -0.2) is 0 Å². The van der Waals surface area contributed by atoms with E-state index in [9.17, 15) is 9.59 Å². The van der Waals surface area contributed by atoms with E-state index in [2.05, 4.69) is 10.6 Å². The van der Waals surface area contributed by atoms with Crippen LogP contribution in [0.1, 0.15) is 21.5 Å². The molecule has 0 saturated carbocycles. The third-order valence-corrected chi connectivity index (χ3v) is 4.16. The van der Waals surface area contributed by atoms with Gasteiger partial charge in [0, 0.05) is 23.9 Å². The van der Waals surface area contributed by atoms with Crippen LogP contribution in [0.15, 0.2) is 91.0 Å². The van der Waals surface area contributed by atoms with E-state index < -0.39 is 0 Å². The number of carbonyl (C=O) groups is 2. The van der Waals surface area contributed by atoms with Crippen molar-refractivity contribution in [1.82, 2.24) is 5.32 Å². The number of amides is 2. The molecule has 3 aromatic rings. The minimum atomic E-state index is -0.245. The van der Waals surface area contributed by atoms with Crippen LogP contribution in [0.4, 0.5) is 5.69 Å². The smallest absolute Gasteiger partial charge is 0.251 e. The first-order valence-electron chi connectivity index (χ1n) is 9.17. The molecule has 0 aliphatic heterocycles. The lowest BCUT2D eigenvalue weighted by Crippen LogP contribution is -2.25. The maximum absolute atomic E-state index is 12.3. The van der Waals surface area contributed by atoms with Gasteiger partial charge >= 0.3 is 0 Å². The molecule has 4 heteroatoms. The van der Waals surface area contributed by atoms with Gasteiger partial charge in [0.15, 0.2) is 0 Å². The quantitative estimate of drug-likeness (QED) is 0.609. The SMILES string of the molecule is O=C(C=Cc1ccccc1)Nc1cccc(C(=O)NCCc2ccccc2)c1. The Morgan fingerprint density at radius 3 is 2.29 bits per heavy atom. The van der Waals surface area contributed by atoms with Crippen molar-refractivity contribution in [2.24, 2.45) is 0 Å². The monoisotopic (exact) mass is 370 g/mol. The lowest BCUT2D eigenvalue weighted by atomic mass is 10.1. The average molecular weight is 370 g/mol. The lowest BCUT2D eigenvalue weighted by molar-refractivity contribution is -0.111. The summed E-state index contributed by atoms with van der Waals surface area (Å²) in [6, 6.07) is 26.5. The zero-order chi connectivity index (χ0) is 19.6. The fraction of sp³-hybridized carbons (Fsp3) is 0.0833. The summed E-state index contributed by atoms with van der Waals surface area (Å²) in [5, 5.41) is 5.69. The van der Waals surface area contributed by atoms with Crippen molar-refractivity contribution in [3.05, 3.63) is 108 Å². The van der Waals surface area contributed by atoms with Crippen molar-refractivity contribution in [2.75, 3.05) is 11.9 Å². The van der Waals surface area contributed by atoms with Crippen LogP contribution in [-0.2, 0) is 11.2 Å². The van der Waals surface area contributed by atoms with E-state index in [0.29, 0.717) is 17.8 Å². The van der Waals surface area contributed by atoms with Crippen LogP contribution in [0.5, 0.6) is 0 Å². The molecule has 0 atom stereocenters. The van der Waals surface area contributed by atoms with Crippen LogP contribution < -0.4 is 10.6 Å². The molecule has 4 nitrogen and oxygen atoms in total. The summed E-state index contributed by atoms with van der Waals surface area (Å²) in [5.74, 6) is -0.405. The molecule has 0 unspecified atom stereocenters. The van der Waals surface area contributed by atoms with E-state index in [1.807, 2.05) is 60.7 Å². The molecule has 2 amide bonds. The number of rotatable bonds is 7. The van der Waals surface area contributed by atoms with Gasteiger partial charge in [-0.1, -0.05) is 66.7 Å². The van der Waals surface area contributed by atoms with Gasteiger partial charge in [-0.2, -0.15) is 0 Å². The first-order valence-corrected chi connectivity index (χ1v) is 9.17. The summed E-state index contributed by atoms with van der Waals surface area (Å²) in [5.41, 5.74) is 3.22. The number of anilines is 1. The van der Waals surface area contributed by atoms with E-state index in [-0.39, 0.29) is 11.8 Å². The maximum atomic E-state index is 12.3. The Hall–Kier alpha value is -3.66. The van der Waals surface area contributed by atoms with E-state index >= 15 is 0 Å². The molecule has 0 aromatic heterocycles. The molecule has 28 heavy (non-hydrogen) atoms. The van der Waals surface area contributed by atoms with Crippen molar-refractivity contribution < 1.29 is 9.59 Å². The molecule has 0 spiro atoms. The Morgan fingerprint density at radius 2 is 1.54 bits per heavy atom. The second-order valence-electron chi connectivity index (χ2n) is 6.31. The molecular weight excluding hydrogens is 348 g/mol. The molecule has 3 rings (SSSR count). The molecule has 0 aliphatic carbocycles. The molecule has 0 aliphatic rings. The van der Waals surface area contributed by atoms with Crippen LogP contribution in [0.3, 0.4) is 0 Å². The highest BCUT2D eigenvalue weighted by atomic mass is 16.2. The Morgan fingerprint density at radius 1 is 0.821 bits per heavy atom. The van der Waals surface area contributed by atoms with Gasteiger partial charge in [-0.3, -0.25) is 9.59 Å². The second kappa shape index (κ2) is 9.88. The van der Waals surface area contributed by atoms with Gasteiger partial charge in [-0.15, -0.1) is 0 Å². The number of nitrogens with one attached hydrogen (secondary N) is 2. The molecule has 0 bridgehead atoms. The molecular formula is C24H22N2O2. The largest absolute Gasteiger partial charge is 0.352 e. The zero-order valence-electron chi connectivity index (χ0n) is 15.5. The topological polar surface area (TPSA) is 58.2 Å². The molecule has 140 valence electrons. The van der Waals surface area contributed by atoms with Crippen LogP contribution in [0.2, 0.25) is 0 Å². The number of carbonyl (C=O) groups excluding carboxylic acids is 2. The highest BCUT2D eigenvalue weighted by Gasteiger charge is 2.07. The van der Waals surface area contributed by atoms with Gasteiger partial charge in [0.2, 0.25) is 5.91 Å². The summed E-state index contributed by atoms with van der Waals surface area (Å²) in [4.78, 5) is 24.4. The Bertz CT molecular complexity index is 951. The van der Waals surface area contributed by atoms with E-state index in [1.165, 1.54) is 11.6 Å². The fourth-order valence-electron chi connectivity index (χ4n) is 2.73. The fourth-order valence-corrected chi connectivity index (χ4v) is 2.73. The molecule has 0 saturated heterocycles. The number of benzene rings is 3. The predicted octanol–water partition coefficient (Wildman–Crippen LogP) is 4.31. The summed E-state index contributed by atoms with van der Waals surface area (Å²) in [6.07, 6.45) is 3.99. The van der Waals surface area contributed by atoms with E-state index in [0.717, 1.165) is 12.0 Å². The number of hydrogen-bond acceptors (Lipinski definition) is 2. The normalized spacial score (nSPS) is 10.6. The van der Waals surface area contributed by atoms with Crippen molar-refractivity contribution in [3.8, 4) is 0 Å². The molecule has 3 aromatic carbocycles. The van der Waals surface area contributed by atoms with Crippen LogP contribution >= 0.6 is 0 Å².